The number of ether oxygens (including phenoxy) is 1. The highest BCUT2D eigenvalue weighted by atomic mass is 16.6. The topological polar surface area (TPSA) is 47.9 Å². The minimum absolute atomic E-state index is 0.195. The van der Waals surface area contributed by atoms with Crippen molar-refractivity contribution in [3.8, 4) is 0 Å². The van der Waals surface area contributed by atoms with E-state index in [1.807, 2.05) is 6.92 Å². The molecule has 12 heavy (non-hydrogen) atoms. The number of carbonyl (C=O) groups excluding carboxylic acids is 1. The Labute approximate surface area is 72.5 Å². The Kier molecular flexibility index (Phi) is 6.05. The average molecular weight is 173 g/mol. The van der Waals surface area contributed by atoms with Crippen LogP contribution in [0.4, 0.5) is 0 Å². The molecule has 70 valence electrons. The largest absolute Gasteiger partial charge is 0.469 e. The van der Waals surface area contributed by atoms with Gasteiger partial charge in [0, 0.05) is 0 Å². The molecular formula is C8H15NO3. The number of hydrogen-bond acceptors (Lipinski definition) is 4. The van der Waals surface area contributed by atoms with Gasteiger partial charge in [-0.1, -0.05) is 12.1 Å². The van der Waals surface area contributed by atoms with Crippen LogP contribution in [0.3, 0.4) is 0 Å². The fourth-order valence-electron chi connectivity index (χ4n) is 0.560. The van der Waals surface area contributed by atoms with Crippen molar-refractivity contribution < 1.29 is 14.4 Å². The first-order chi connectivity index (χ1) is 5.70. The minimum atomic E-state index is -0.295. The molecule has 0 N–H and O–H groups in total. The van der Waals surface area contributed by atoms with Gasteiger partial charge in [-0.25, -0.2) is 0 Å². The van der Waals surface area contributed by atoms with Gasteiger partial charge in [-0.2, -0.15) is 0 Å². The van der Waals surface area contributed by atoms with Crippen LogP contribution in [0.5, 0.6) is 0 Å². The van der Waals surface area contributed by atoms with Gasteiger partial charge in [0.1, 0.15) is 6.61 Å². The van der Waals surface area contributed by atoms with Crippen molar-refractivity contribution in [2.24, 2.45) is 5.16 Å². The van der Waals surface area contributed by atoms with Crippen LogP contribution in [-0.2, 0) is 14.4 Å². The molecule has 0 aromatic carbocycles. The van der Waals surface area contributed by atoms with Crippen LogP contribution < -0.4 is 0 Å². The molecule has 4 heteroatoms. The fraction of sp³-hybridized carbons (Fsp3) is 0.750. The summed E-state index contributed by atoms with van der Waals surface area (Å²) in [4.78, 5) is 15.6. The summed E-state index contributed by atoms with van der Waals surface area (Å²) >= 11 is 0. The summed E-state index contributed by atoms with van der Waals surface area (Å²) in [6.45, 7) is 4.30. The number of methoxy groups -OCH3 is 1. The van der Waals surface area contributed by atoms with Gasteiger partial charge in [0.15, 0.2) is 0 Å². The zero-order chi connectivity index (χ0) is 9.40. The van der Waals surface area contributed by atoms with Gasteiger partial charge in [0.2, 0.25) is 0 Å². The van der Waals surface area contributed by atoms with Crippen LogP contribution in [-0.4, -0.2) is 25.4 Å². The first-order valence-electron chi connectivity index (χ1n) is 3.93. The molecule has 0 bridgehead atoms. The Morgan fingerprint density at radius 2 is 2.17 bits per heavy atom. The Hall–Kier alpha value is -1.06. The van der Waals surface area contributed by atoms with Crippen molar-refractivity contribution in [2.75, 3.05) is 13.7 Å². The maximum absolute atomic E-state index is 10.7. The summed E-state index contributed by atoms with van der Waals surface area (Å²) in [6.07, 6.45) is 1.11. The van der Waals surface area contributed by atoms with Gasteiger partial charge in [0.25, 0.3) is 0 Å². The van der Waals surface area contributed by atoms with E-state index in [9.17, 15) is 4.79 Å². The van der Waals surface area contributed by atoms with E-state index in [1.165, 1.54) is 7.11 Å². The Morgan fingerprint density at radius 1 is 1.50 bits per heavy atom. The predicted octanol–water partition coefficient (Wildman–Crippen LogP) is 1.35. The molecule has 0 atom stereocenters. The quantitative estimate of drug-likeness (QED) is 0.273. The molecule has 0 unspecified atom stereocenters. The summed E-state index contributed by atoms with van der Waals surface area (Å²) < 4.78 is 4.45. The highest BCUT2D eigenvalue weighted by Gasteiger charge is 2.02. The second-order valence-corrected chi connectivity index (χ2v) is 2.41. The van der Waals surface area contributed by atoms with E-state index in [1.54, 1.807) is 6.92 Å². The van der Waals surface area contributed by atoms with Crippen LogP contribution in [0.15, 0.2) is 5.16 Å². The van der Waals surface area contributed by atoms with Crippen LogP contribution in [0.25, 0.3) is 0 Å². The zero-order valence-electron chi connectivity index (χ0n) is 7.79. The summed E-state index contributed by atoms with van der Waals surface area (Å²) in [7, 11) is 1.35. The standard InChI is InChI=1S/C8H15NO3/c1-4-5-12-9-7(2)6-8(10)11-3/h4-6H2,1-3H3. The first kappa shape index (κ1) is 10.9. The van der Waals surface area contributed by atoms with E-state index < -0.39 is 0 Å². The lowest BCUT2D eigenvalue weighted by molar-refractivity contribution is -0.139. The highest BCUT2D eigenvalue weighted by Crippen LogP contribution is 1.91. The average Bonchev–Trinajstić information content (AvgIpc) is 2.05. The van der Waals surface area contributed by atoms with Gasteiger partial charge in [-0.05, 0) is 13.3 Å². The number of nitrogens with zero attached hydrogens (tertiary/aromatic N) is 1. The smallest absolute Gasteiger partial charge is 0.311 e. The molecule has 0 aromatic heterocycles. The summed E-state index contributed by atoms with van der Waals surface area (Å²) in [5.41, 5.74) is 0.635. The Balaban J connectivity index is 3.62. The third-order valence-electron chi connectivity index (χ3n) is 1.14. The lowest BCUT2D eigenvalue weighted by Crippen LogP contribution is -2.06. The number of esters is 1. The minimum Gasteiger partial charge on any atom is -0.469 e. The van der Waals surface area contributed by atoms with Gasteiger partial charge < -0.3 is 9.57 Å². The zero-order valence-corrected chi connectivity index (χ0v) is 7.79. The molecule has 0 saturated heterocycles. The van der Waals surface area contributed by atoms with Crippen LogP contribution in [0.2, 0.25) is 0 Å². The van der Waals surface area contributed by atoms with Crippen LogP contribution in [0, 0.1) is 0 Å². The van der Waals surface area contributed by atoms with E-state index in [-0.39, 0.29) is 12.4 Å². The SMILES string of the molecule is CCCON=C(C)CC(=O)OC. The van der Waals surface area contributed by atoms with Crippen molar-refractivity contribution in [3.05, 3.63) is 0 Å². The number of hydrogen-bond donors (Lipinski definition) is 0. The van der Waals surface area contributed by atoms with Crippen molar-refractivity contribution in [1.29, 1.82) is 0 Å². The van der Waals surface area contributed by atoms with Crippen LogP contribution in [0.1, 0.15) is 26.7 Å². The summed E-state index contributed by atoms with van der Waals surface area (Å²) in [5.74, 6) is -0.295. The Bertz CT molecular complexity index is 166. The third-order valence-corrected chi connectivity index (χ3v) is 1.14. The second kappa shape index (κ2) is 6.64. The molecule has 0 aliphatic carbocycles. The maximum Gasteiger partial charge on any atom is 0.311 e. The van der Waals surface area contributed by atoms with Gasteiger partial charge in [0.05, 0.1) is 19.2 Å². The molecule has 0 aliphatic rings. The fourth-order valence-corrected chi connectivity index (χ4v) is 0.560. The Morgan fingerprint density at radius 3 is 2.67 bits per heavy atom. The molecule has 0 rings (SSSR count). The van der Waals surface area contributed by atoms with Crippen molar-refractivity contribution in [3.63, 3.8) is 0 Å². The molecule has 0 saturated carbocycles. The summed E-state index contributed by atoms with van der Waals surface area (Å²) in [6, 6.07) is 0. The molecule has 0 aliphatic heterocycles. The monoisotopic (exact) mass is 173 g/mol. The van der Waals surface area contributed by atoms with Crippen molar-refractivity contribution >= 4 is 11.7 Å². The molecule has 0 radical (unpaired) electrons. The van der Waals surface area contributed by atoms with Crippen LogP contribution >= 0.6 is 0 Å². The lowest BCUT2D eigenvalue weighted by atomic mass is 10.3. The van der Waals surface area contributed by atoms with E-state index in [0.717, 1.165) is 6.42 Å². The molecule has 0 amide bonds. The van der Waals surface area contributed by atoms with E-state index in [2.05, 4.69) is 9.89 Å². The highest BCUT2D eigenvalue weighted by molar-refractivity contribution is 5.97. The molecule has 4 nitrogen and oxygen atoms in total. The van der Waals surface area contributed by atoms with Crippen molar-refractivity contribution in [2.45, 2.75) is 26.7 Å². The predicted molar refractivity (Wildman–Crippen MR) is 46.0 cm³/mol. The number of carbonyl (C=O) groups is 1. The lowest BCUT2D eigenvalue weighted by Gasteiger charge is -1.99. The summed E-state index contributed by atoms with van der Waals surface area (Å²) in [5, 5.41) is 3.72. The third kappa shape index (κ3) is 5.70. The van der Waals surface area contributed by atoms with E-state index in [4.69, 9.17) is 4.84 Å². The van der Waals surface area contributed by atoms with E-state index in [0.29, 0.717) is 12.3 Å². The number of rotatable bonds is 5. The maximum atomic E-state index is 10.7. The second-order valence-electron chi connectivity index (χ2n) is 2.41. The van der Waals surface area contributed by atoms with E-state index >= 15 is 0 Å². The van der Waals surface area contributed by atoms with Gasteiger partial charge in [-0.3, -0.25) is 4.79 Å². The number of oxime groups is 1. The van der Waals surface area contributed by atoms with Gasteiger partial charge >= 0.3 is 5.97 Å². The molecule has 0 aromatic rings. The molecule has 0 fully saturated rings. The molecule has 0 heterocycles. The first-order valence-corrected chi connectivity index (χ1v) is 3.93. The van der Waals surface area contributed by atoms with Gasteiger partial charge in [-0.15, -0.1) is 0 Å². The normalized spacial score (nSPS) is 11.1. The molecular weight excluding hydrogens is 158 g/mol. The van der Waals surface area contributed by atoms with Crippen molar-refractivity contribution in [1.82, 2.24) is 0 Å². The molecule has 0 spiro atoms.